The van der Waals surface area contributed by atoms with Crippen molar-refractivity contribution in [2.24, 2.45) is 4.99 Å². The molecule has 1 unspecified atom stereocenters. The Morgan fingerprint density at radius 1 is 1.27 bits per heavy atom. The third-order valence-electron chi connectivity index (χ3n) is 3.97. The molecule has 7 nitrogen and oxygen atoms in total. The molecule has 2 aromatic rings. The molecule has 0 spiro atoms. The average molecular weight is 358 g/mol. The first-order valence-electron chi connectivity index (χ1n) is 9.02. The number of aromatic nitrogens is 1. The van der Waals surface area contributed by atoms with Crippen molar-refractivity contribution in [3.63, 3.8) is 0 Å². The second kappa shape index (κ2) is 8.60. The van der Waals surface area contributed by atoms with Gasteiger partial charge in [0, 0.05) is 12.6 Å². The van der Waals surface area contributed by atoms with Crippen LogP contribution in [0.2, 0.25) is 0 Å². The van der Waals surface area contributed by atoms with Gasteiger partial charge in [-0.15, -0.1) is 0 Å². The molecule has 1 aromatic heterocycles. The summed E-state index contributed by atoms with van der Waals surface area (Å²) in [6.07, 6.45) is -0.0772. The van der Waals surface area contributed by atoms with E-state index >= 15 is 0 Å². The quantitative estimate of drug-likeness (QED) is 0.610. The van der Waals surface area contributed by atoms with E-state index < -0.39 is 0 Å². The Morgan fingerprint density at radius 2 is 2.08 bits per heavy atom. The van der Waals surface area contributed by atoms with Crippen LogP contribution in [0, 0.1) is 0 Å². The first kappa shape index (κ1) is 18.1. The van der Waals surface area contributed by atoms with Crippen molar-refractivity contribution in [2.75, 3.05) is 19.7 Å². The van der Waals surface area contributed by atoms with Gasteiger partial charge in [0.05, 0.1) is 12.2 Å². The summed E-state index contributed by atoms with van der Waals surface area (Å²) >= 11 is 0. The number of ether oxygens (including phenoxy) is 2. The number of nitrogens with zero attached hydrogens (tertiary/aromatic N) is 2. The van der Waals surface area contributed by atoms with Crippen molar-refractivity contribution >= 4 is 5.96 Å². The van der Waals surface area contributed by atoms with Gasteiger partial charge in [-0.3, -0.25) is 0 Å². The van der Waals surface area contributed by atoms with Crippen LogP contribution in [-0.2, 0) is 6.54 Å². The van der Waals surface area contributed by atoms with E-state index in [2.05, 4.69) is 34.6 Å². The minimum absolute atomic E-state index is 0.0772. The van der Waals surface area contributed by atoms with Gasteiger partial charge < -0.3 is 24.6 Å². The maximum absolute atomic E-state index is 5.95. The predicted molar refractivity (Wildman–Crippen MR) is 99.8 cm³/mol. The van der Waals surface area contributed by atoms with E-state index in [1.165, 1.54) is 0 Å². The summed E-state index contributed by atoms with van der Waals surface area (Å²) in [4.78, 5) is 4.55. The lowest BCUT2D eigenvalue weighted by atomic mass is 10.1. The standard InChI is InChI=1S/C19H26N4O3/c1-4-20-19(21-10-14-9-16(13(2)3)23-26-14)22-11-15-12-24-17-7-5-6-8-18(17)25-15/h5-9,13,15H,4,10-12H2,1-3H3,(H2,20,21,22). The highest BCUT2D eigenvalue weighted by Gasteiger charge is 2.20. The van der Waals surface area contributed by atoms with Crippen molar-refractivity contribution in [3.05, 3.63) is 41.8 Å². The predicted octanol–water partition coefficient (Wildman–Crippen LogP) is 2.69. The maximum atomic E-state index is 5.95. The molecular formula is C19H26N4O3. The zero-order valence-corrected chi connectivity index (χ0v) is 15.5. The summed E-state index contributed by atoms with van der Waals surface area (Å²) in [5, 5.41) is 10.6. The van der Waals surface area contributed by atoms with E-state index in [0.717, 1.165) is 29.5 Å². The van der Waals surface area contributed by atoms with Crippen LogP contribution in [0.1, 0.15) is 38.1 Å². The number of rotatable bonds is 6. The molecule has 1 aromatic carbocycles. The highest BCUT2D eigenvalue weighted by atomic mass is 16.6. The van der Waals surface area contributed by atoms with E-state index in [1.807, 2.05) is 37.3 Å². The topological polar surface area (TPSA) is 80.9 Å². The van der Waals surface area contributed by atoms with Gasteiger partial charge in [0.25, 0.3) is 0 Å². The van der Waals surface area contributed by atoms with Crippen molar-refractivity contribution in [1.29, 1.82) is 0 Å². The van der Waals surface area contributed by atoms with Crippen LogP contribution in [0.25, 0.3) is 0 Å². The van der Waals surface area contributed by atoms with Gasteiger partial charge in [-0.1, -0.05) is 31.1 Å². The van der Waals surface area contributed by atoms with Crippen molar-refractivity contribution in [3.8, 4) is 11.5 Å². The zero-order valence-electron chi connectivity index (χ0n) is 15.5. The molecule has 2 heterocycles. The Bertz CT molecular complexity index is 742. The normalized spacial score (nSPS) is 16.6. The summed E-state index contributed by atoms with van der Waals surface area (Å²) in [6, 6.07) is 9.65. The Balaban J connectivity index is 1.54. The third-order valence-corrected chi connectivity index (χ3v) is 3.97. The molecule has 0 saturated carbocycles. The lowest BCUT2D eigenvalue weighted by Crippen LogP contribution is -2.45. The Labute approximate surface area is 153 Å². The Kier molecular flexibility index (Phi) is 5.99. The van der Waals surface area contributed by atoms with Crippen molar-refractivity contribution in [2.45, 2.75) is 39.3 Å². The molecule has 1 aliphatic rings. The van der Waals surface area contributed by atoms with Crippen LogP contribution in [0.15, 0.2) is 39.8 Å². The van der Waals surface area contributed by atoms with Gasteiger partial charge in [-0.25, -0.2) is 4.99 Å². The smallest absolute Gasteiger partial charge is 0.191 e. The van der Waals surface area contributed by atoms with E-state index in [9.17, 15) is 0 Å². The molecule has 7 heteroatoms. The minimum atomic E-state index is -0.0772. The molecule has 3 rings (SSSR count). The van der Waals surface area contributed by atoms with Crippen molar-refractivity contribution in [1.82, 2.24) is 15.8 Å². The summed E-state index contributed by atoms with van der Waals surface area (Å²) < 4.78 is 17.0. The van der Waals surface area contributed by atoms with Crippen LogP contribution in [0.5, 0.6) is 11.5 Å². The van der Waals surface area contributed by atoms with Crippen LogP contribution in [0.3, 0.4) is 0 Å². The lowest BCUT2D eigenvalue weighted by molar-refractivity contribution is 0.0936. The van der Waals surface area contributed by atoms with Crippen LogP contribution in [-0.4, -0.2) is 36.9 Å². The summed E-state index contributed by atoms with van der Waals surface area (Å²) in [5.41, 5.74) is 0.944. The van der Waals surface area contributed by atoms with Gasteiger partial charge in [-0.05, 0) is 25.0 Å². The molecular weight excluding hydrogens is 332 g/mol. The molecule has 0 fully saturated rings. The van der Waals surface area contributed by atoms with Gasteiger partial charge >= 0.3 is 0 Å². The van der Waals surface area contributed by atoms with Crippen LogP contribution >= 0.6 is 0 Å². The fourth-order valence-electron chi connectivity index (χ4n) is 2.55. The molecule has 0 amide bonds. The number of hydrogen-bond acceptors (Lipinski definition) is 5. The van der Waals surface area contributed by atoms with Crippen molar-refractivity contribution < 1.29 is 14.0 Å². The van der Waals surface area contributed by atoms with Gasteiger partial charge in [0.2, 0.25) is 0 Å². The maximum Gasteiger partial charge on any atom is 0.191 e. The van der Waals surface area contributed by atoms with E-state index in [4.69, 9.17) is 14.0 Å². The second-order valence-electron chi connectivity index (χ2n) is 6.45. The fraction of sp³-hybridized carbons (Fsp3) is 0.474. The number of nitrogens with one attached hydrogen (secondary N) is 2. The molecule has 2 N–H and O–H groups in total. The molecule has 26 heavy (non-hydrogen) atoms. The SMILES string of the molecule is CCNC(=NCc1cc(C(C)C)no1)NCC1COc2ccccc2O1. The zero-order chi connectivity index (χ0) is 18.4. The largest absolute Gasteiger partial charge is 0.486 e. The number of hydrogen-bond donors (Lipinski definition) is 2. The second-order valence-corrected chi connectivity index (χ2v) is 6.45. The first-order valence-corrected chi connectivity index (χ1v) is 9.02. The summed E-state index contributed by atoms with van der Waals surface area (Å²) in [7, 11) is 0. The molecule has 1 aliphatic heterocycles. The summed E-state index contributed by atoms with van der Waals surface area (Å²) in [5.74, 6) is 3.36. The molecule has 0 bridgehead atoms. The number of fused-ring (bicyclic) bond motifs is 1. The molecule has 0 saturated heterocycles. The third kappa shape index (κ3) is 4.68. The molecule has 140 valence electrons. The van der Waals surface area contributed by atoms with Gasteiger partial charge in [0.1, 0.15) is 19.3 Å². The molecule has 0 aliphatic carbocycles. The average Bonchev–Trinajstić information content (AvgIpc) is 3.13. The van der Waals surface area contributed by atoms with Crippen LogP contribution < -0.4 is 20.1 Å². The van der Waals surface area contributed by atoms with Gasteiger partial charge in [-0.2, -0.15) is 0 Å². The Morgan fingerprint density at radius 3 is 2.81 bits per heavy atom. The summed E-state index contributed by atoms with van der Waals surface area (Å²) in [6.45, 7) is 8.49. The fourth-order valence-corrected chi connectivity index (χ4v) is 2.55. The highest BCUT2D eigenvalue weighted by molar-refractivity contribution is 5.79. The minimum Gasteiger partial charge on any atom is -0.486 e. The Hall–Kier alpha value is -2.70. The molecule has 1 atom stereocenters. The lowest BCUT2D eigenvalue weighted by Gasteiger charge is -2.27. The van der Waals surface area contributed by atoms with Gasteiger partial charge in [0.15, 0.2) is 23.2 Å². The van der Waals surface area contributed by atoms with E-state index in [-0.39, 0.29) is 6.10 Å². The number of guanidine groups is 1. The molecule has 0 radical (unpaired) electrons. The van der Waals surface area contributed by atoms with E-state index in [1.54, 1.807) is 0 Å². The monoisotopic (exact) mass is 358 g/mol. The first-order chi connectivity index (χ1) is 12.7. The number of aliphatic imine (C=N–C) groups is 1. The number of para-hydroxylation sites is 2. The number of benzene rings is 1. The van der Waals surface area contributed by atoms with Crippen LogP contribution in [0.4, 0.5) is 0 Å². The highest BCUT2D eigenvalue weighted by Crippen LogP contribution is 2.30. The van der Waals surface area contributed by atoms with E-state index in [0.29, 0.717) is 31.6 Å².